The maximum Gasteiger partial charge on any atom is 0.261 e. The summed E-state index contributed by atoms with van der Waals surface area (Å²) in [7, 11) is -2.87. The van der Waals surface area contributed by atoms with Crippen LogP contribution in [-0.2, 0) is 15.8 Å². The molecule has 3 aromatic rings. The minimum atomic E-state index is -2.87. The highest BCUT2D eigenvalue weighted by molar-refractivity contribution is 6.99. The van der Waals surface area contributed by atoms with E-state index in [1.807, 2.05) is 66.7 Å². The maximum atomic E-state index is 14.7. The highest BCUT2D eigenvalue weighted by Crippen LogP contribution is 2.61. The second kappa shape index (κ2) is 9.13. The van der Waals surface area contributed by atoms with Gasteiger partial charge >= 0.3 is 0 Å². The molecule has 0 radical (unpaired) electrons. The van der Waals surface area contributed by atoms with Crippen LogP contribution >= 0.6 is 0 Å². The molecular formula is C28H32F2O2Si. The summed E-state index contributed by atoms with van der Waals surface area (Å²) < 4.78 is 42.0. The average molecular weight is 467 g/mol. The van der Waals surface area contributed by atoms with Crippen molar-refractivity contribution in [1.29, 1.82) is 0 Å². The minimum Gasteiger partial charge on any atom is -0.407 e. The van der Waals surface area contributed by atoms with Crippen molar-refractivity contribution in [2.45, 2.75) is 44.8 Å². The Balaban J connectivity index is 1.62. The van der Waals surface area contributed by atoms with Crippen molar-refractivity contribution in [1.82, 2.24) is 0 Å². The second-order valence-corrected chi connectivity index (χ2v) is 14.4. The van der Waals surface area contributed by atoms with Gasteiger partial charge in [0, 0.05) is 13.0 Å². The van der Waals surface area contributed by atoms with Crippen LogP contribution < -0.4 is 10.4 Å². The average Bonchev–Trinajstić information content (AvgIpc) is 3.35. The van der Waals surface area contributed by atoms with Crippen LogP contribution in [0.5, 0.6) is 0 Å². The smallest absolute Gasteiger partial charge is 0.261 e. The van der Waals surface area contributed by atoms with Crippen molar-refractivity contribution in [2.24, 2.45) is 5.41 Å². The Morgan fingerprint density at radius 3 is 1.64 bits per heavy atom. The molecule has 1 fully saturated rings. The Morgan fingerprint density at radius 1 is 0.758 bits per heavy atom. The zero-order valence-corrected chi connectivity index (χ0v) is 20.6. The topological polar surface area (TPSA) is 18.5 Å². The van der Waals surface area contributed by atoms with Crippen LogP contribution in [0.4, 0.5) is 8.78 Å². The molecule has 0 saturated heterocycles. The van der Waals surface area contributed by atoms with Crippen LogP contribution in [-0.4, -0.2) is 27.5 Å². The van der Waals surface area contributed by atoms with E-state index in [2.05, 4.69) is 45.0 Å². The lowest BCUT2D eigenvalue weighted by Crippen LogP contribution is -2.67. The molecule has 0 aliphatic heterocycles. The van der Waals surface area contributed by atoms with Crippen LogP contribution in [0.15, 0.2) is 91.0 Å². The van der Waals surface area contributed by atoms with Gasteiger partial charge in [-0.1, -0.05) is 112 Å². The first-order valence-electron chi connectivity index (χ1n) is 11.4. The largest absolute Gasteiger partial charge is 0.407 e. The molecule has 0 spiro atoms. The first-order valence-corrected chi connectivity index (χ1v) is 13.4. The number of benzene rings is 3. The number of ether oxygens (including phenoxy) is 1. The molecule has 1 saturated carbocycles. The van der Waals surface area contributed by atoms with Gasteiger partial charge in [0.05, 0.1) is 18.6 Å². The molecule has 0 N–H and O–H groups in total. The molecule has 1 aliphatic carbocycles. The summed E-state index contributed by atoms with van der Waals surface area (Å²) in [5, 5.41) is 1.92. The normalized spacial score (nSPS) is 19.9. The van der Waals surface area contributed by atoms with Crippen molar-refractivity contribution in [3.05, 3.63) is 96.6 Å². The van der Waals surface area contributed by atoms with Gasteiger partial charge in [0.1, 0.15) is 0 Å². The predicted molar refractivity (Wildman–Crippen MR) is 132 cm³/mol. The van der Waals surface area contributed by atoms with E-state index in [0.29, 0.717) is 6.61 Å². The Morgan fingerprint density at radius 2 is 1.21 bits per heavy atom. The molecule has 0 amide bonds. The van der Waals surface area contributed by atoms with Gasteiger partial charge < -0.3 is 9.16 Å². The van der Waals surface area contributed by atoms with E-state index < -0.39 is 19.7 Å². The van der Waals surface area contributed by atoms with E-state index in [1.54, 1.807) is 0 Å². The first-order chi connectivity index (χ1) is 15.7. The molecule has 174 valence electrons. The lowest BCUT2D eigenvalue weighted by Gasteiger charge is -2.43. The van der Waals surface area contributed by atoms with E-state index in [4.69, 9.17) is 9.16 Å². The summed E-state index contributed by atoms with van der Waals surface area (Å²) in [6.07, 6.45) is -0.201. The minimum absolute atomic E-state index is 0.0207. The SMILES string of the molecule is CC(C)(C)[Si](OC[C@@]1(COCc2ccccc2)CC1(F)F)(c1ccccc1)c1ccccc1. The molecule has 2 nitrogen and oxygen atoms in total. The third-order valence-corrected chi connectivity index (χ3v) is 11.7. The molecule has 3 aromatic carbocycles. The van der Waals surface area contributed by atoms with Crippen molar-refractivity contribution in [3.63, 3.8) is 0 Å². The van der Waals surface area contributed by atoms with Crippen molar-refractivity contribution in [3.8, 4) is 0 Å². The van der Waals surface area contributed by atoms with Crippen LogP contribution in [0, 0.1) is 5.41 Å². The zero-order valence-electron chi connectivity index (χ0n) is 19.6. The first kappa shape index (κ1) is 23.8. The molecule has 4 rings (SSSR count). The summed E-state index contributed by atoms with van der Waals surface area (Å²) in [5.41, 5.74) is -0.306. The fourth-order valence-corrected chi connectivity index (χ4v) is 9.33. The lowest BCUT2D eigenvalue weighted by molar-refractivity contribution is -0.0176. The summed E-state index contributed by atoms with van der Waals surface area (Å²) in [5.74, 6) is -2.78. The van der Waals surface area contributed by atoms with Crippen LogP contribution in [0.3, 0.4) is 0 Å². The summed E-state index contributed by atoms with van der Waals surface area (Å²) in [4.78, 5) is 0. The second-order valence-electron chi connectivity index (χ2n) is 10.1. The summed E-state index contributed by atoms with van der Waals surface area (Å²) in [6.45, 7) is 6.74. The molecule has 5 heteroatoms. The summed E-state index contributed by atoms with van der Waals surface area (Å²) >= 11 is 0. The molecule has 0 unspecified atom stereocenters. The lowest BCUT2D eigenvalue weighted by atomic mass is 10.1. The van der Waals surface area contributed by atoms with E-state index in [0.717, 1.165) is 15.9 Å². The number of alkyl halides is 2. The number of hydrogen-bond donors (Lipinski definition) is 0. The fourth-order valence-electron chi connectivity index (χ4n) is 4.68. The van der Waals surface area contributed by atoms with Gasteiger partial charge in [-0.25, -0.2) is 8.78 Å². The molecular weight excluding hydrogens is 434 g/mol. The molecule has 0 heterocycles. The van der Waals surface area contributed by atoms with Crippen molar-refractivity contribution < 1.29 is 17.9 Å². The van der Waals surface area contributed by atoms with E-state index in [1.165, 1.54) is 0 Å². The predicted octanol–water partition coefficient (Wildman–Crippen LogP) is 5.81. The van der Waals surface area contributed by atoms with Crippen LogP contribution in [0.2, 0.25) is 5.04 Å². The quantitative estimate of drug-likeness (QED) is 0.371. The van der Waals surface area contributed by atoms with Gasteiger partial charge in [0.15, 0.2) is 0 Å². The summed E-state index contributed by atoms with van der Waals surface area (Å²) in [6, 6.07) is 29.9. The van der Waals surface area contributed by atoms with Crippen LogP contribution in [0.25, 0.3) is 0 Å². The highest BCUT2D eigenvalue weighted by Gasteiger charge is 2.72. The van der Waals surface area contributed by atoms with Gasteiger partial charge in [0.25, 0.3) is 14.2 Å². The van der Waals surface area contributed by atoms with Crippen LogP contribution in [0.1, 0.15) is 32.8 Å². The standard InChI is InChI=1S/C28H32F2O2Si/c1-26(2,3)33(24-15-9-5-10-16-24,25-17-11-6-12-18-25)32-22-27(20-28(27,29)30)21-31-19-23-13-7-4-8-14-23/h4-18H,19-22H2,1-3H3/t27-/m0/s1. The van der Waals surface area contributed by atoms with Gasteiger partial charge in [-0.05, 0) is 21.0 Å². The van der Waals surface area contributed by atoms with Gasteiger partial charge in [-0.3, -0.25) is 0 Å². The number of hydrogen-bond acceptors (Lipinski definition) is 2. The third kappa shape index (κ3) is 4.68. The van der Waals surface area contributed by atoms with Gasteiger partial charge in [-0.2, -0.15) is 0 Å². The Hall–Kier alpha value is -2.34. The maximum absolute atomic E-state index is 14.7. The molecule has 33 heavy (non-hydrogen) atoms. The molecule has 0 aromatic heterocycles. The van der Waals surface area contributed by atoms with Gasteiger partial charge in [-0.15, -0.1) is 0 Å². The Kier molecular flexibility index (Phi) is 6.58. The highest BCUT2D eigenvalue weighted by atomic mass is 28.4. The molecule has 0 bridgehead atoms. The third-order valence-electron chi connectivity index (χ3n) is 6.68. The van der Waals surface area contributed by atoms with Crippen molar-refractivity contribution >= 4 is 18.7 Å². The van der Waals surface area contributed by atoms with E-state index in [-0.39, 0.29) is 24.7 Å². The Labute approximate surface area is 196 Å². The zero-order chi connectivity index (χ0) is 23.6. The number of halogens is 2. The molecule has 1 aliphatic rings. The fraction of sp³-hybridized carbons (Fsp3) is 0.357. The molecule has 1 atom stereocenters. The van der Waals surface area contributed by atoms with E-state index in [9.17, 15) is 8.78 Å². The Bertz CT molecular complexity index is 996. The monoisotopic (exact) mass is 466 g/mol. The van der Waals surface area contributed by atoms with E-state index >= 15 is 0 Å². The van der Waals surface area contributed by atoms with Gasteiger partial charge in [0.2, 0.25) is 0 Å². The number of rotatable bonds is 9. The van der Waals surface area contributed by atoms with Crippen molar-refractivity contribution in [2.75, 3.05) is 13.2 Å².